The van der Waals surface area contributed by atoms with Crippen LogP contribution >= 0.6 is 22.6 Å². The Bertz CT molecular complexity index is 355. The van der Waals surface area contributed by atoms with Gasteiger partial charge in [0.2, 0.25) is 0 Å². The third-order valence-corrected chi connectivity index (χ3v) is 4.79. The lowest BCUT2D eigenvalue weighted by molar-refractivity contribution is 0.170. The van der Waals surface area contributed by atoms with Crippen LogP contribution in [0.1, 0.15) is 31.2 Å². The Hall–Kier alpha value is -0.130. The Labute approximate surface area is 124 Å². The number of nitrogens with one attached hydrogen (secondary N) is 1. The number of rotatable bonds is 4. The molecule has 1 saturated carbocycles. The molecule has 2 nitrogen and oxygen atoms in total. The highest BCUT2D eigenvalue weighted by molar-refractivity contribution is 14.1. The molecule has 0 aliphatic heterocycles. The zero-order valence-electron chi connectivity index (χ0n) is 11.3. The number of hydrogen-bond acceptors (Lipinski definition) is 2. The predicted molar refractivity (Wildman–Crippen MR) is 85.7 cm³/mol. The number of halogens is 1. The third kappa shape index (κ3) is 3.93. The topological polar surface area (TPSA) is 15.3 Å². The molecule has 0 heterocycles. The second-order valence-corrected chi connectivity index (χ2v) is 6.58. The summed E-state index contributed by atoms with van der Waals surface area (Å²) in [5, 5.41) is 3.40. The van der Waals surface area contributed by atoms with E-state index in [0.717, 1.165) is 18.6 Å². The Morgan fingerprint density at radius 3 is 2.33 bits per heavy atom. The molecule has 0 radical (unpaired) electrons. The highest BCUT2D eigenvalue weighted by Gasteiger charge is 2.22. The number of nitrogens with zero attached hydrogens (tertiary/aromatic N) is 1. The van der Waals surface area contributed by atoms with E-state index in [1.807, 2.05) is 0 Å². The van der Waals surface area contributed by atoms with E-state index >= 15 is 0 Å². The van der Waals surface area contributed by atoms with Gasteiger partial charge in [-0.3, -0.25) is 4.90 Å². The molecule has 0 bridgehead atoms. The zero-order chi connectivity index (χ0) is 13.0. The van der Waals surface area contributed by atoms with Crippen LogP contribution in [0.15, 0.2) is 24.3 Å². The van der Waals surface area contributed by atoms with Crippen LogP contribution in [0.5, 0.6) is 0 Å². The van der Waals surface area contributed by atoms with Crippen molar-refractivity contribution in [2.45, 2.75) is 44.3 Å². The fourth-order valence-corrected chi connectivity index (χ4v) is 3.17. The maximum Gasteiger partial charge on any atom is 0.0233 e. The summed E-state index contributed by atoms with van der Waals surface area (Å²) in [5.74, 6) is 0. The largest absolute Gasteiger partial charge is 0.317 e. The number of benzene rings is 1. The summed E-state index contributed by atoms with van der Waals surface area (Å²) in [6.45, 7) is 1.08. The second-order valence-electron chi connectivity index (χ2n) is 5.34. The molecule has 3 heteroatoms. The van der Waals surface area contributed by atoms with Crippen LogP contribution in [0.2, 0.25) is 0 Å². The molecule has 1 aliphatic rings. The van der Waals surface area contributed by atoms with Gasteiger partial charge in [0.15, 0.2) is 0 Å². The molecule has 0 atom stereocenters. The second kappa shape index (κ2) is 6.87. The quantitative estimate of drug-likeness (QED) is 0.832. The van der Waals surface area contributed by atoms with E-state index in [1.165, 1.54) is 34.8 Å². The van der Waals surface area contributed by atoms with Crippen molar-refractivity contribution in [2.24, 2.45) is 0 Å². The van der Waals surface area contributed by atoms with E-state index in [1.54, 1.807) is 0 Å². The first kappa shape index (κ1) is 14.3. The Morgan fingerprint density at radius 2 is 1.78 bits per heavy atom. The molecule has 0 spiro atoms. The van der Waals surface area contributed by atoms with Gasteiger partial charge in [0.1, 0.15) is 0 Å². The van der Waals surface area contributed by atoms with Crippen molar-refractivity contribution in [2.75, 3.05) is 14.1 Å². The molecule has 0 saturated heterocycles. The van der Waals surface area contributed by atoms with Gasteiger partial charge in [-0.05, 0) is 80.1 Å². The molecule has 0 aromatic heterocycles. The van der Waals surface area contributed by atoms with Gasteiger partial charge in [0.25, 0.3) is 0 Å². The molecule has 1 fully saturated rings. The molecule has 18 heavy (non-hydrogen) atoms. The summed E-state index contributed by atoms with van der Waals surface area (Å²) < 4.78 is 1.31. The minimum Gasteiger partial charge on any atom is -0.317 e. The van der Waals surface area contributed by atoms with Crippen LogP contribution in [0.4, 0.5) is 0 Å². The van der Waals surface area contributed by atoms with Crippen molar-refractivity contribution in [1.29, 1.82) is 0 Å². The maximum absolute atomic E-state index is 3.40. The van der Waals surface area contributed by atoms with Gasteiger partial charge in [0, 0.05) is 22.2 Å². The Kier molecular flexibility index (Phi) is 5.45. The number of hydrogen-bond donors (Lipinski definition) is 1. The normalized spacial score (nSPS) is 24.4. The highest BCUT2D eigenvalue weighted by atomic mass is 127. The Morgan fingerprint density at radius 1 is 1.17 bits per heavy atom. The predicted octanol–water partition coefficient (Wildman–Crippen LogP) is 3.25. The van der Waals surface area contributed by atoms with E-state index in [-0.39, 0.29) is 0 Å². The molecule has 0 unspecified atom stereocenters. The summed E-state index contributed by atoms with van der Waals surface area (Å²) >= 11 is 2.36. The minimum absolute atomic E-state index is 0.743. The van der Waals surface area contributed by atoms with Crippen LogP contribution in [0.25, 0.3) is 0 Å². The lowest BCUT2D eigenvalue weighted by atomic mass is 9.90. The van der Waals surface area contributed by atoms with Crippen LogP contribution in [0, 0.1) is 3.57 Å². The minimum atomic E-state index is 0.743. The molecule has 1 aliphatic carbocycles. The van der Waals surface area contributed by atoms with Gasteiger partial charge >= 0.3 is 0 Å². The fourth-order valence-electron chi connectivity index (χ4n) is 2.81. The van der Waals surface area contributed by atoms with Crippen molar-refractivity contribution in [1.82, 2.24) is 10.2 Å². The highest BCUT2D eigenvalue weighted by Crippen LogP contribution is 2.23. The fraction of sp³-hybridized carbons (Fsp3) is 0.600. The average Bonchev–Trinajstić information content (AvgIpc) is 2.41. The Balaban J connectivity index is 1.85. The third-order valence-electron chi connectivity index (χ3n) is 4.07. The van der Waals surface area contributed by atoms with Gasteiger partial charge < -0.3 is 5.32 Å². The van der Waals surface area contributed by atoms with Crippen molar-refractivity contribution < 1.29 is 0 Å². The maximum atomic E-state index is 3.40. The first-order chi connectivity index (χ1) is 8.69. The molecule has 100 valence electrons. The lowest BCUT2D eigenvalue weighted by Gasteiger charge is -2.34. The van der Waals surface area contributed by atoms with E-state index in [0.29, 0.717) is 0 Å². The van der Waals surface area contributed by atoms with Crippen molar-refractivity contribution in [3.63, 3.8) is 0 Å². The summed E-state index contributed by atoms with van der Waals surface area (Å²) in [5.41, 5.74) is 1.42. The van der Waals surface area contributed by atoms with E-state index in [2.05, 4.69) is 71.2 Å². The van der Waals surface area contributed by atoms with E-state index < -0.39 is 0 Å². The summed E-state index contributed by atoms with van der Waals surface area (Å²) in [6, 6.07) is 10.4. The molecule has 2 rings (SSSR count). The van der Waals surface area contributed by atoms with Crippen LogP contribution in [-0.4, -0.2) is 31.1 Å². The zero-order valence-corrected chi connectivity index (χ0v) is 13.5. The van der Waals surface area contributed by atoms with Crippen molar-refractivity contribution in [3.05, 3.63) is 33.4 Å². The lowest BCUT2D eigenvalue weighted by Crippen LogP contribution is -2.39. The monoisotopic (exact) mass is 358 g/mol. The molecule has 1 N–H and O–H groups in total. The van der Waals surface area contributed by atoms with Gasteiger partial charge in [-0.2, -0.15) is 0 Å². The molecule has 1 aromatic rings. The molecular formula is C15H23IN2. The molecule has 0 amide bonds. The van der Waals surface area contributed by atoms with Gasteiger partial charge in [-0.1, -0.05) is 12.1 Å². The summed E-state index contributed by atoms with van der Waals surface area (Å²) in [4.78, 5) is 2.52. The smallest absolute Gasteiger partial charge is 0.0233 e. The standard InChI is InChI=1S/C15H23IN2/c1-17-14-7-9-15(10-8-14)18(2)11-12-3-5-13(16)6-4-12/h3-6,14-15,17H,7-11H2,1-2H3. The summed E-state index contributed by atoms with van der Waals surface area (Å²) in [6.07, 6.45) is 5.29. The van der Waals surface area contributed by atoms with Crippen LogP contribution < -0.4 is 5.32 Å². The molecule has 1 aromatic carbocycles. The van der Waals surface area contributed by atoms with E-state index in [4.69, 9.17) is 0 Å². The van der Waals surface area contributed by atoms with Crippen LogP contribution in [0.3, 0.4) is 0 Å². The van der Waals surface area contributed by atoms with Crippen LogP contribution in [-0.2, 0) is 6.54 Å². The first-order valence-corrected chi connectivity index (χ1v) is 7.89. The van der Waals surface area contributed by atoms with Crippen molar-refractivity contribution >= 4 is 22.6 Å². The SMILES string of the molecule is CNC1CCC(N(C)Cc2ccc(I)cc2)CC1. The summed E-state index contributed by atoms with van der Waals surface area (Å²) in [7, 11) is 4.35. The first-order valence-electron chi connectivity index (χ1n) is 6.81. The van der Waals surface area contributed by atoms with E-state index in [9.17, 15) is 0 Å². The van der Waals surface area contributed by atoms with Gasteiger partial charge in [-0.25, -0.2) is 0 Å². The average molecular weight is 358 g/mol. The van der Waals surface area contributed by atoms with Crippen molar-refractivity contribution in [3.8, 4) is 0 Å². The molecular weight excluding hydrogens is 335 g/mol. The van der Waals surface area contributed by atoms with Gasteiger partial charge in [-0.15, -0.1) is 0 Å². The van der Waals surface area contributed by atoms with Gasteiger partial charge in [0.05, 0.1) is 0 Å².